The Balaban J connectivity index is 1.47. The molecule has 242 valence electrons. The second-order valence-corrected chi connectivity index (χ2v) is 18.5. The van der Waals surface area contributed by atoms with Gasteiger partial charge in [-0.1, -0.05) is 153 Å². The van der Waals surface area contributed by atoms with Crippen LogP contribution in [0.4, 0.5) is 0 Å². The molecular weight excluding hydrogens is 626 g/mol. The molecule has 7 rings (SSSR count). The smallest absolute Gasteiger partial charge is 0.139 e. The lowest BCUT2D eigenvalue weighted by atomic mass is 9.74. The van der Waals surface area contributed by atoms with Gasteiger partial charge in [0.2, 0.25) is 0 Å². The molecule has 0 aromatic heterocycles. The summed E-state index contributed by atoms with van der Waals surface area (Å²) in [5, 5.41) is 6.06. The minimum absolute atomic E-state index is 0.319. The van der Waals surface area contributed by atoms with Crippen LogP contribution in [0.5, 0.6) is 11.5 Å². The molecule has 0 spiro atoms. The summed E-state index contributed by atoms with van der Waals surface area (Å²) in [6.45, 7) is 10.7. The molecule has 6 aromatic carbocycles. The summed E-state index contributed by atoms with van der Waals surface area (Å²) in [6.07, 6.45) is 0. The average molecular weight is 668 g/mol. The van der Waals surface area contributed by atoms with Gasteiger partial charge in [0.15, 0.2) is 0 Å². The van der Waals surface area contributed by atoms with Gasteiger partial charge in [-0.05, 0) is 55.6 Å². The van der Waals surface area contributed by atoms with E-state index < -0.39 is 23.7 Å². The van der Waals surface area contributed by atoms with Crippen molar-refractivity contribution in [3.63, 3.8) is 0 Å². The van der Waals surface area contributed by atoms with E-state index in [-0.39, 0.29) is 11.5 Å². The lowest BCUT2D eigenvalue weighted by Crippen LogP contribution is -2.38. The molecule has 0 saturated carbocycles. The van der Waals surface area contributed by atoms with Crippen LogP contribution < -0.4 is 20.7 Å². The Morgan fingerprint density at radius 3 is 1.81 bits per heavy atom. The number of para-hydroxylation sites is 2. The molecule has 1 aliphatic rings. The topological polar surface area (TPSA) is 29.5 Å². The van der Waals surface area contributed by atoms with Crippen molar-refractivity contribution in [1.82, 2.24) is 4.31 Å². The third kappa shape index (κ3) is 5.71. The van der Waals surface area contributed by atoms with Crippen molar-refractivity contribution < 1.29 is 8.95 Å². The Morgan fingerprint density at radius 1 is 0.646 bits per heavy atom. The summed E-state index contributed by atoms with van der Waals surface area (Å²) >= 11 is 0. The molecule has 48 heavy (non-hydrogen) atoms. The van der Waals surface area contributed by atoms with Crippen molar-refractivity contribution in [2.75, 3.05) is 7.05 Å². The summed E-state index contributed by atoms with van der Waals surface area (Å²) in [5.74, 6) is 1.78. The SMILES string of the molecule is CN([C@H](c1cccc2c1Oc1c(P(c3ccccc3)c3ccccc3)cccc1C2(C)C)c1cccc2ccccc12)[S@](=O)C(C)(C)C. The summed E-state index contributed by atoms with van der Waals surface area (Å²) in [4.78, 5) is 0. The van der Waals surface area contributed by atoms with Crippen LogP contribution in [0.2, 0.25) is 0 Å². The molecule has 0 saturated heterocycles. The highest BCUT2D eigenvalue weighted by molar-refractivity contribution is 7.84. The van der Waals surface area contributed by atoms with E-state index in [4.69, 9.17) is 4.74 Å². The van der Waals surface area contributed by atoms with E-state index in [1.807, 2.05) is 32.1 Å². The molecule has 0 N–H and O–H groups in total. The van der Waals surface area contributed by atoms with E-state index in [0.717, 1.165) is 39.0 Å². The van der Waals surface area contributed by atoms with E-state index in [1.54, 1.807) is 0 Å². The molecular formula is C43H42NO2PS. The predicted octanol–water partition coefficient (Wildman–Crippen LogP) is 9.51. The Labute approximate surface area is 289 Å². The van der Waals surface area contributed by atoms with Gasteiger partial charge in [-0.15, -0.1) is 0 Å². The third-order valence-electron chi connectivity index (χ3n) is 9.42. The maximum Gasteiger partial charge on any atom is 0.139 e. The summed E-state index contributed by atoms with van der Waals surface area (Å²) < 4.78 is 23.1. The molecule has 3 nitrogen and oxygen atoms in total. The van der Waals surface area contributed by atoms with Gasteiger partial charge >= 0.3 is 0 Å². The minimum Gasteiger partial charge on any atom is -0.456 e. The van der Waals surface area contributed by atoms with Gasteiger partial charge in [0, 0.05) is 34.5 Å². The molecule has 0 unspecified atom stereocenters. The average Bonchev–Trinajstić information content (AvgIpc) is 3.09. The summed E-state index contributed by atoms with van der Waals surface area (Å²) in [5.41, 5.74) is 4.10. The monoisotopic (exact) mass is 667 g/mol. The highest BCUT2D eigenvalue weighted by atomic mass is 32.2. The molecule has 2 atom stereocenters. The lowest BCUT2D eigenvalue weighted by Gasteiger charge is -2.40. The lowest BCUT2D eigenvalue weighted by molar-refractivity contribution is 0.390. The Morgan fingerprint density at radius 2 is 1.17 bits per heavy atom. The van der Waals surface area contributed by atoms with Crippen molar-refractivity contribution in [3.8, 4) is 11.5 Å². The molecule has 1 heterocycles. The van der Waals surface area contributed by atoms with Gasteiger partial charge < -0.3 is 4.74 Å². The van der Waals surface area contributed by atoms with Gasteiger partial charge in [-0.25, -0.2) is 8.51 Å². The van der Waals surface area contributed by atoms with Crippen molar-refractivity contribution in [2.24, 2.45) is 0 Å². The quantitative estimate of drug-likeness (QED) is 0.159. The molecule has 0 aliphatic carbocycles. The molecule has 6 aromatic rings. The molecule has 0 radical (unpaired) electrons. The first kappa shape index (κ1) is 32.5. The zero-order valence-electron chi connectivity index (χ0n) is 28.5. The highest BCUT2D eigenvalue weighted by Crippen LogP contribution is 2.53. The fourth-order valence-corrected chi connectivity index (χ4v) is 10.8. The highest BCUT2D eigenvalue weighted by Gasteiger charge is 2.41. The number of nitrogens with zero attached hydrogens (tertiary/aromatic N) is 1. The Bertz CT molecular complexity index is 2080. The van der Waals surface area contributed by atoms with Crippen LogP contribution in [-0.4, -0.2) is 20.3 Å². The fourth-order valence-electron chi connectivity index (χ4n) is 7.08. The summed E-state index contributed by atoms with van der Waals surface area (Å²) in [6, 6.07) is 49.4. The number of fused-ring (bicyclic) bond motifs is 3. The van der Waals surface area contributed by atoms with Crippen LogP contribution in [0.3, 0.4) is 0 Å². The van der Waals surface area contributed by atoms with E-state index in [0.29, 0.717) is 0 Å². The van der Waals surface area contributed by atoms with Gasteiger partial charge in [-0.3, -0.25) is 0 Å². The second kappa shape index (κ2) is 12.7. The van der Waals surface area contributed by atoms with Crippen molar-refractivity contribution in [2.45, 2.75) is 50.8 Å². The molecule has 0 fully saturated rings. The van der Waals surface area contributed by atoms with E-state index in [1.165, 1.54) is 21.5 Å². The maximum atomic E-state index is 14.2. The van der Waals surface area contributed by atoms with Crippen LogP contribution in [0.25, 0.3) is 10.8 Å². The first-order chi connectivity index (χ1) is 23.1. The van der Waals surface area contributed by atoms with Crippen molar-refractivity contribution in [3.05, 3.63) is 162 Å². The van der Waals surface area contributed by atoms with Crippen LogP contribution in [0.15, 0.2) is 140 Å². The molecule has 0 amide bonds. The van der Waals surface area contributed by atoms with Gasteiger partial charge in [0.1, 0.15) is 22.5 Å². The van der Waals surface area contributed by atoms with Crippen LogP contribution in [0.1, 0.15) is 62.9 Å². The number of hydrogen-bond acceptors (Lipinski definition) is 2. The van der Waals surface area contributed by atoms with Gasteiger partial charge in [-0.2, -0.15) is 0 Å². The molecule has 5 heteroatoms. The van der Waals surface area contributed by atoms with Crippen molar-refractivity contribution >= 4 is 45.6 Å². The van der Waals surface area contributed by atoms with Crippen LogP contribution in [0, 0.1) is 0 Å². The predicted molar refractivity (Wildman–Crippen MR) is 205 cm³/mol. The number of ether oxygens (including phenoxy) is 1. The number of hydrogen-bond donors (Lipinski definition) is 0. The maximum absolute atomic E-state index is 14.2. The first-order valence-electron chi connectivity index (χ1n) is 16.5. The standard InChI is InChI=1S/C43H42NO2PS/c1-42(2,3)48(45)44(6)39(34-25-15-19-30-18-13-14-24-33(30)34)35-26-16-27-36-40(35)46-41-37(43(36,4)5)28-17-29-38(41)47(31-20-9-7-10-21-31)32-22-11-8-12-23-32/h7-29,39H,1-6H3/t39-,48+/m0/s1. The first-order valence-corrected chi connectivity index (χ1v) is 19.0. The van der Waals surface area contributed by atoms with Gasteiger partial charge in [0.05, 0.1) is 10.8 Å². The minimum atomic E-state index is -1.30. The molecule has 1 aliphatic heterocycles. The van der Waals surface area contributed by atoms with E-state index in [9.17, 15) is 4.21 Å². The van der Waals surface area contributed by atoms with Crippen LogP contribution in [-0.2, 0) is 16.4 Å². The largest absolute Gasteiger partial charge is 0.456 e. The van der Waals surface area contributed by atoms with Gasteiger partial charge in [0.25, 0.3) is 0 Å². The fraction of sp³-hybridized carbons (Fsp3) is 0.209. The third-order valence-corrected chi connectivity index (χ3v) is 13.7. The Hall–Kier alpha value is -4.08. The summed E-state index contributed by atoms with van der Waals surface area (Å²) in [7, 11) is -0.217. The molecule has 0 bridgehead atoms. The van der Waals surface area contributed by atoms with Crippen molar-refractivity contribution in [1.29, 1.82) is 0 Å². The zero-order chi connectivity index (χ0) is 33.6. The normalized spacial score (nSPS) is 15.1. The van der Waals surface area contributed by atoms with E-state index >= 15 is 0 Å². The number of benzene rings is 6. The Kier molecular flexibility index (Phi) is 8.62. The van der Waals surface area contributed by atoms with Crippen LogP contribution >= 0.6 is 7.92 Å². The number of rotatable bonds is 7. The zero-order valence-corrected chi connectivity index (χ0v) is 30.2. The second-order valence-electron chi connectivity index (χ2n) is 14.0. The van der Waals surface area contributed by atoms with E-state index in [2.05, 4.69) is 153 Å².